The molecule has 5 rings (SSSR count). The molecule has 0 aliphatic heterocycles. The van der Waals surface area contributed by atoms with Crippen LogP contribution >= 0.6 is 0 Å². The third-order valence-electron chi connectivity index (χ3n) is 6.75. The van der Waals surface area contributed by atoms with Crippen molar-refractivity contribution in [3.05, 3.63) is 77.6 Å². The molecule has 1 aliphatic carbocycles. The lowest BCUT2D eigenvalue weighted by Gasteiger charge is -2.25. The van der Waals surface area contributed by atoms with Gasteiger partial charge in [0, 0.05) is 36.2 Å². The van der Waals surface area contributed by atoms with Gasteiger partial charge in [0.05, 0.1) is 30.2 Å². The van der Waals surface area contributed by atoms with Crippen LogP contribution in [-0.2, 0) is 14.8 Å². The molecule has 0 spiro atoms. The monoisotopic (exact) mass is 550 g/mol. The predicted molar refractivity (Wildman–Crippen MR) is 147 cm³/mol. The van der Waals surface area contributed by atoms with Crippen molar-refractivity contribution in [3.8, 4) is 22.5 Å². The number of ether oxygens (including phenoxy) is 1. The Balaban J connectivity index is 1.82. The summed E-state index contributed by atoms with van der Waals surface area (Å²) < 4.78 is 52.1. The molecule has 1 saturated carbocycles. The molecule has 1 aromatic heterocycles. The van der Waals surface area contributed by atoms with Gasteiger partial charge in [-0.25, -0.2) is 17.6 Å². The Morgan fingerprint density at radius 3 is 2.41 bits per heavy atom. The minimum absolute atomic E-state index is 0.226. The van der Waals surface area contributed by atoms with E-state index in [1.807, 2.05) is 0 Å². The quantitative estimate of drug-likeness (QED) is 0.301. The molecule has 1 aliphatic rings. The van der Waals surface area contributed by atoms with E-state index in [1.54, 1.807) is 36.4 Å². The van der Waals surface area contributed by atoms with Crippen LogP contribution < -0.4 is 9.62 Å². The SMILES string of the molecule is CNC(=O)c1c(-c2ccc(F)cc2)oc2cc(N(CC3CC3)S(C)(=O)=O)c(-c3cccc(C(=O)OC)c3)cc12. The third kappa shape index (κ3) is 5.24. The fraction of sp³-hybridized carbons (Fsp3) is 0.241. The molecule has 0 unspecified atom stereocenters. The number of hydrogen-bond donors (Lipinski definition) is 1. The largest absolute Gasteiger partial charge is 0.465 e. The maximum Gasteiger partial charge on any atom is 0.337 e. The summed E-state index contributed by atoms with van der Waals surface area (Å²) in [4.78, 5) is 25.4. The zero-order valence-corrected chi connectivity index (χ0v) is 22.5. The normalized spacial score (nSPS) is 13.3. The summed E-state index contributed by atoms with van der Waals surface area (Å²) in [5.74, 6) is -0.935. The molecule has 0 bridgehead atoms. The predicted octanol–water partition coefficient (Wildman–Crippen LogP) is 5.23. The Hall–Kier alpha value is -4.18. The summed E-state index contributed by atoms with van der Waals surface area (Å²) in [6, 6.07) is 15.5. The highest BCUT2D eigenvalue weighted by molar-refractivity contribution is 7.92. The van der Waals surface area contributed by atoms with Gasteiger partial charge in [-0.15, -0.1) is 0 Å². The lowest BCUT2D eigenvalue weighted by molar-refractivity contribution is 0.0600. The van der Waals surface area contributed by atoms with Gasteiger partial charge in [0.25, 0.3) is 5.91 Å². The van der Waals surface area contributed by atoms with Crippen molar-refractivity contribution in [2.75, 3.05) is 31.3 Å². The number of esters is 1. The summed E-state index contributed by atoms with van der Waals surface area (Å²) in [6.07, 6.45) is 3.01. The number of anilines is 1. The van der Waals surface area contributed by atoms with Crippen molar-refractivity contribution < 1.29 is 31.6 Å². The van der Waals surface area contributed by atoms with Gasteiger partial charge in [-0.05, 0) is 66.8 Å². The van der Waals surface area contributed by atoms with Crippen molar-refractivity contribution in [3.63, 3.8) is 0 Å². The van der Waals surface area contributed by atoms with Crippen molar-refractivity contribution in [2.24, 2.45) is 5.92 Å². The Morgan fingerprint density at radius 2 is 1.79 bits per heavy atom. The summed E-state index contributed by atoms with van der Waals surface area (Å²) >= 11 is 0. The van der Waals surface area contributed by atoms with Crippen molar-refractivity contribution in [1.29, 1.82) is 0 Å². The third-order valence-corrected chi connectivity index (χ3v) is 7.90. The van der Waals surface area contributed by atoms with Gasteiger partial charge < -0.3 is 14.5 Å². The summed E-state index contributed by atoms with van der Waals surface area (Å²) in [7, 11) is -0.930. The average Bonchev–Trinajstić information content (AvgIpc) is 3.68. The van der Waals surface area contributed by atoms with Crippen LogP contribution in [0.1, 0.15) is 33.6 Å². The van der Waals surface area contributed by atoms with E-state index in [-0.39, 0.29) is 17.2 Å². The minimum atomic E-state index is -3.71. The number of hydrogen-bond acceptors (Lipinski definition) is 6. The maximum atomic E-state index is 13.6. The van der Waals surface area contributed by atoms with E-state index in [4.69, 9.17) is 9.15 Å². The van der Waals surface area contributed by atoms with Gasteiger partial charge in [-0.1, -0.05) is 12.1 Å². The van der Waals surface area contributed by atoms with Crippen LogP contribution in [0.5, 0.6) is 0 Å². The number of rotatable bonds is 8. The lowest BCUT2D eigenvalue weighted by atomic mass is 9.97. The number of carbonyl (C=O) groups is 2. The number of fused-ring (bicyclic) bond motifs is 1. The van der Waals surface area contributed by atoms with Crippen LogP contribution in [0, 0.1) is 11.7 Å². The fourth-order valence-electron chi connectivity index (χ4n) is 4.60. The van der Waals surface area contributed by atoms with Crippen molar-refractivity contribution in [1.82, 2.24) is 5.32 Å². The van der Waals surface area contributed by atoms with E-state index in [0.29, 0.717) is 45.5 Å². The molecule has 10 heteroatoms. The number of carbonyl (C=O) groups excluding carboxylic acids is 2. The van der Waals surface area contributed by atoms with Gasteiger partial charge in [0.15, 0.2) is 0 Å². The van der Waals surface area contributed by atoms with Crippen LogP contribution in [0.15, 0.2) is 65.1 Å². The highest BCUT2D eigenvalue weighted by atomic mass is 32.2. The van der Waals surface area contributed by atoms with Crippen molar-refractivity contribution in [2.45, 2.75) is 12.8 Å². The Bertz CT molecular complexity index is 1690. The summed E-state index contributed by atoms with van der Waals surface area (Å²) in [6.45, 7) is 0.294. The molecule has 8 nitrogen and oxygen atoms in total. The zero-order chi connectivity index (χ0) is 27.9. The Morgan fingerprint density at radius 1 is 1.08 bits per heavy atom. The first-order valence-electron chi connectivity index (χ1n) is 12.4. The van der Waals surface area contributed by atoms with Gasteiger partial charge in [0.1, 0.15) is 17.2 Å². The second-order valence-corrected chi connectivity index (χ2v) is 11.5. The molecule has 3 aromatic carbocycles. The molecular weight excluding hydrogens is 523 g/mol. The van der Waals surface area contributed by atoms with Crippen LogP contribution in [0.4, 0.5) is 10.1 Å². The smallest absolute Gasteiger partial charge is 0.337 e. The number of furan rings is 1. The molecule has 1 fully saturated rings. The van der Waals surface area contributed by atoms with E-state index >= 15 is 0 Å². The zero-order valence-electron chi connectivity index (χ0n) is 21.7. The van der Waals surface area contributed by atoms with E-state index < -0.39 is 27.7 Å². The first-order chi connectivity index (χ1) is 18.6. The highest BCUT2D eigenvalue weighted by Crippen LogP contribution is 2.43. The Labute approximate surface area is 225 Å². The first kappa shape index (κ1) is 26.4. The molecule has 1 amide bonds. The molecular formula is C29H27FN2O6S. The summed E-state index contributed by atoms with van der Waals surface area (Å²) in [5, 5.41) is 3.07. The molecule has 202 valence electrons. The van der Waals surface area contributed by atoms with E-state index in [9.17, 15) is 22.4 Å². The highest BCUT2D eigenvalue weighted by Gasteiger charge is 2.32. The number of methoxy groups -OCH3 is 1. The number of benzene rings is 3. The van der Waals surface area contributed by atoms with E-state index in [1.165, 1.54) is 42.7 Å². The first-order valence-corrected chi connectivity index (χ1v) is 14.2. The molecule has 0 radical (unpaired) electrons. The average molecular weight is 551 g/mol. The number of sulfonamides is 1. The maximum absolute atomic E-state index is 13.6. The van der Waals surface area contributed by atoms with Crippen LogP contribution in [0.3, 0.4) is 0 Å². The summed E-state index contributed by atoms with van der Waals surface area (Å²) in [5.41, 5.74) is 2.72. The molecule has 0 saturated heterocycles. The number of nitrogens with one attached hydrogen (secondary N) is 1. The van der Waals surface area contributed by atoms with Gasteiger partial charge in [0.2, 0.25) is 10.0 Å². The lowest BCUT2D eigenvalue weighted by Crippen LogP contribution is -2.32. The Kier molecular flexibility index (Phi) is 6.90. The van der Waals surface area contributed by atoms with Crippen LogP contribution in [-0.4, -0.2) is 47.3 Å². The number of halogens is 1. The fourth-order valence-corrected chi connectivity index (χ4v) is 5.59. The van der Waals surface area contributed by atoms with E-state index in [0.717, 1.165) is 19.1 Å². The number of amides is 1. The van der Waals surface area contributed by atoms with Gasteiger partial charge in [-0.2, -0.15) is 0 Å². The molecule has 1 N–H and O–H groups in total. The molecule has 39 heavy (non-hydrogen) atoms. The second-order valence-electron chi connectivity index (χ2n) is 9.57. The second kappa shape index (κ2) is 10.2. The van der Waals surface area contributed by atoms with Crippen LogP contribution in [0.2, 0.25) is 0 Å². The minimum Gasteiger partial charge on any atom is -0.465 e. The van der Waals surface area contributed by atoms with Crippen molar-refractivity contribution >= 4 is 38.6 Å². The molecule has 4 aromatic rings. The van der Waals surface area contributed by atoms with E-state index in [2.05, 4.69) is 5.32 Å². The van der Waals surface area contributed by atoms with Crippen LogP contribution in [0.25, 0.3) is 33.4 Å². The topological polar surface area (TPSA) is 106 Å². The molecule has 1 heterocycles. The van der Waals surface area contributed by atoms with Gasteiger partial charge in [-0.3, -0.25) is 9.10 Å². The number of nitrogens with zero attached hydrogens (tertiary/aromatic N) is 1. The molecule has 0 atom stereocenters. The van der Waals surface area contributed by atoms with Gasteiger partial charge >= 0.3 is 5.97 Å². The standard InChI is InChI=1S/C29H27FN2O6S/c1-31-28(33)26-23-14-22(19-5-4-6-20(13-19)29(34)37-2)24(32(39(3,35)36)16-17-7-8-17)15-25(23)38-27(26)18-9-11-21(30)12-10-18/h4-6,9-15,17H,7-8,16H2,1-3H3,(H,31,33).